The molecule has 1 saturated carbocycles. The van der Waals surface area contributed by atoms with E-state index >= 15 is 0 Å². The third kappa shape index (κ3) is 1.42. The molecule has 16 heavy (non-hydrogen) atoms. The van der Waals surface area contributed by atoms with Crippen LogP contribution in [0.3, 0.4) is 0 Å². The second-order valence-corrected chi connectivity index (χ2v) is 4.54. The molecule has 1 saturated heterocycles. The lowest BCUT2D eigenvalue weighted by molar-refractivity contribution is -0.169. The van der Waals surface area contributed by atoms with Crippen LogP contribution < -0.4 is 0 Å². The lowest BCUT2D eigenvalue weighted by Gasteiger charge is -2.37. The molecule has 88 valence electrons. The Balaban J connectivity index is 2.30. The van der Waals surface area contributed by atoms with E-state index in [0.29, 0.717) is 12.8 Å². The average Bonchev–Trinajstić information content (AvgIpc) is 2.50. The first-order valence-electron chi connectivity index (χ1n) is 5.33. The van der Waals surface area contributed by atoms with Crippen LogP contribution in [0.5, 0.6) is 0 Å². The van der Waals surface area contributed by atoms with Crippen molar-refractivity contribution < 1.29 is 23.9 Å². The number of esters is 2. The first-order chi connectivity index (χ1) is 7.46. The molecule has 0 aromatic heterocycles. The van der Waals surface area contributed by atoms with Gasteiger partial charge in [0, 0.05) is 13.3 Å². The van der Waals surface area contributed by atoms with Crippen molar-refractivity contribution in [3.05, 3.63) is 0 Å². The number of ether oxygens (including phenoxy) is 2. The summed E-state index contributed by atoms with van der Waals surface area (Å²) in [7, 11) is 0. The maximum Gasteiger partial charge on any atom is 0.316 e. The number of carbonyl (C=O) groups excluding carboxylic acids is 3. The highest BCUT2D eigenvalue weighted by atomic mass is 16.6. The van der Waals surface area contributed by atoms with Crippen LogP contribution in [0.1, 0.15) is 26.7 Å². The molecule has 2 fully saturated rings. The van der Waals surface area contributed by atoms with Crippen molar-refractivity contribution in [1.82, 2.24) is 0 Å². The van der Waals surface area contributed by atoms with Crippen LogP contribution in [-0.4, -0.2) is 30.4 Å². The zero-order valence-electron chi connectivity index (χ0n) is 9.32. The molecule has 0 spiro atoms. The summed E-state index contributed by atoms with van der Waals surface area (Å²) >= 11 is 0. The van der Waals surface area contributed by atoms with E-state index in [2.05, 4.69) is 0 Å². The first kappa shape index (κ1) is 11.1. The van der Waals surface area contributed by atoms with Crippen molar-refractivity contribution in [2.24, 2.45) is 11.3 Å². The third-order valence-electron chi connectivity index (χ3n) is 3.56. The molecular weight excluding hydrogens is 212 g/mol. The van der Waals surface area contributed by atoms with E-state index < -0.39 is 29.4 Å². The summed E-state index contributed by atoms with van der Waals surface area (Å²) in [5.74, 6) is -1.30. The fraction of sp³-hybridized carbons (Fsp3) is 0.727. The first-order valence-corrected chi connectivity index (χ1v) is 5.33. The molecule has 0 N–H and O–H groups in total. The second kappa shape index (κ2) is 3.57. The predicted octanol–water partition coefficient (Wildman–Crippen LogP) is 0.460. The number of fused-ring (bicyclic) bond motifs is 1. The quantitative estimate of drug-likeness (QED) is 0.607. The maximum atomic E-state index is 11.7. The largest absolute Gasteiger partial charge is 0.464 e. The monoisotopic (exact) mass is 226 g/mol. The van der Waals surface area contributed by atoms with Crippen LogP contribution in [0, 0.1) is 11.3 Å². The van der Waals surface area contributed by atoms with Crippen LogP contribution in [0.2, 0.25) is 0 Å². The van der Waals surface area contributed by atoms with E-state index in [9.17, 15) is 14.4 Å². The van der Waals surface area contributed by atoms with Crippen LogP contribution in [-0.2, 0) is 23.9 Å². The number of cyclic esters (lactones) is 1. The fourth-order valence-corrected chi connectivity index (χ4v) is 2.54. The van der Waals surface area contributed by atoms with Crippen molar-refractivity contribution in [1.29, 1.82) is 0 Å². The van der Waals surface area contributed by atoms with E-state index in [1.165, 1.54) is 6.92 Å². The SMILES string of the molecule is CC(=O)OC1CCC(=O)C2COC(=O)C12C. The zero-order valence-corrected chi connectivity index (χ0v) is 9.32. The van der Waals surface area contributed by atoms with Crippen molar-refractivity contribution >= 4 is 17.7 Å². The van der Waals surface area contributed by atoms with Gasteiger partial charge in [0.2, 0.25) is 0 Å². The van der Waals surface area contributed by atoms with E-state index in [-0.39, 0.29) is 12.4 Å². The number of carbonyl (C=O) groups is 3. The van der Waals surface area contributed by atoms with Gasteiger partial charge in [0.1, 0.15) is 23.9 Å². The smallest absolute Gasteiger partial charge is 0.316 e. The summed E-state index contributed by atoms with van der Waals surface area (Å²) in [6, 6.07) is 0. The summed E-state index contributed by atoms with van der Waals surface area (Å²) in [5.41, 5.74) is -0.985. The van der Waals surface area contributed by atoms with Gasteiger partial charge in [0.15, 0.2) is 0 Å². The number of rotatable bonds is 1. The van der Waals surface area contributed by atoms with Crippen LogP contribution in [0.15, 0.2) is 0 Å². The van der Waals surface area contributed by atoms with Gasteiger partial charge in [-0.3, -0.25) is 14.4 Å². The number of ketones is 1. The van der Waals surface area contributed by atoms with Gasteiger partial charge in [-0.2, -0.15) is 0 Å². The summed E-state index contributed by atoms with van der Waals surface area (Å²) in [5, 5.41) is 0. The lowest BCUT2D eigenvalue weighted by atomic mass is 9.66. The molecule has 5 heteroatoms. The fourth-order valence-electron chi connectivity index (χ4n) is 2.54. The number of hydrogen-bond acceptors (Lipinski definition) is 5. The van der Waals surface area contributed by atoms with Crippen molar-refractivity contribution in [3.63, 3.8) is 0 Å². The van der Waals surface area contributed by atoms with Gasteiger partial charge in [0.25, 0.3) is 0 Å². The van der Waals surface area contributed by atoms with E-state index in [4.69, 9.17) is 9.47 Å². The summed E-state index contributed by atoms with van der Waals surface area (Å²) < 4.78 is 10.1. The highest BCUT2D eigenvalue weighted by Gasteiger charge is 2.60. The van der Waals surface area contributed by atoms with E-state index in [1.54, 1.807) is 6.92 Å². The summed E-state index contributed by atoms with van der Waals surface area (Å²) in [6.07, 6.45) is 0.206. The van der Waals surface area contributed by atoms with Gasteiger partial charge in [-0.1, -0.05) is 0 Å². The molecule has 1 heterocycles. The Bertz CT molecular complexity index is 361. The Kier molecular flexibility index (Phi) is 2.48. The second-order valence-electron chi connectivity index (χ2n) is 4.54. The molecule has 0 bridgehead atoms. The topological polar surface area (TPSA) is 69.7 Å². The lowest BCUT2D eigenvalue weighted by Crippen LogP contribution is -2.50. The van der Waals surface area contributed by atoms with Crippen LogP contribution in [0.4, 0.5) is 0 Å². The Hall–Kier alpha value is -1.39. The van der Waals surface area contributed by atoms with E-state index in [1.807, 2.05) is 0 Å². The van der Waals surface area contributed by atoms with Gasteiger partial charge in [-0.15, -0.1) is 0 Å². The minimum atomic E-state index is -0.985. The number of hydrogen-bond donors (Lipinski definition) is 0. The van der Waals surface area contributed by atoms with Crippen LogP contribution in [0.25, 0.3) is 0 Å². The molecular formula is C11H14O5. The number of Topliss-reactive ketones (excluding diaryl/α,β-unsaturated/α-hetero) is 1. The summed E-state index contributed by atoms with van der Waals surface area (Å²) in [4.78, 5) is 34.4. The molecule has 5 nitrogen and oxygen atoms in total. The van der Waals surface area contributed by atoms with Crippen molar-refractivity contribution in [2.45, 2.75) is 32.8 Å². The molecule has 0 aromatic rings. The Morgan fingerprint density at radius 2 is 2.19 bits per heavy atom. The molecule has 0 aromatic carbocycles. The Morgan fingerprint density at radius 1 is 1.50 bits per heavy atom. The van der Waals surface area contributed by atoms with Gasteiger partial charge in [0.05, 0.1) is 5.92 Å². The Labute approximate surface area is 93.1 Å². The van der Waals surface area contributed by atoms with Crippen LogP contribution >= 0.6 is 0 Å². The maximum absolute atomic E-state index is 11.7. The minimum Gasteiger partial charge on any atom is -0.464 e. The zero-order chi connectivity index (χ0) is 11.9. The van der Waals surface area contributed by atoms with Crippen molar-refractivity contribution in [2.75, 3.05) is 6.61 Å². The standard InChI is InChI=1S/C11H14O5/c1-6(12)16-9-4-3-8(13)7-5-15-10(14)11(7,9)2/h7,9H,3-5H2,1-2H3. The molecule has 1 aliphatic heterocycles. The molecule has 1 aliphatic carbocycles. The Morgan fingerprint density at radius 3 is 2.81 bits per heavy atom. The van der Waals surface area contributed by atoms with Gasteiger partial charge in [-0.25, -0.2) is 0 Å². The molecule has 3 atom stereocenters. The third-order valence-corrected chi connectivity index (χ3v) is 3.56. The molecule has 2 rings (SSSR count). The van der Waals surface area contributed by atoms with Gasteiger partial charge < -0.3 is 9.47 Å². The molecule has 0 amide bonds. The average molecular weight is 226 g/mol. The highest BCUT2D eigenvalue weighted by Crippen LogP contribution is 2.46. The minimum absolute atomic E-state index is 0.0248. The van der Waals surface area contributed by atoms with E-state index in [0.717, 1.165) is 0 Å². The molecule has 3 unspecified atom stereocenters. The predicted molar refractivity (Wildman–Crippen MR) is 52.4 cm³/mol. The van der Waals surface area contributed by atoms with Gasteiger partial charge in [-0.05, 0) is 13.3 Å². The van der Waals surface area contributed by atoms with Crippen molar-refractivity contribution in [3.8, 4) is 0 Å². The normalized spacial score (nSPS) is 37.9. The highest BCUT2D eigenvalue weighted by molar-refractivity contribution is 5.93. The molecule has 2 aliphatic rings. The van der Waals surface area contributed by atoms with Gasteiger partial charge >= 0.3 is 11.9 Å². The molecule has 0 radical (unpaired) electrons. The summed E-state index contributed by atoms with van der Waals surface area (Å²) in [6.45, 7) is 3.07.